The first-order valence-electron chi connectivity index (χ1n) is 5.48. The molecule has 2 aromatic heterocycles. The van der Waals surface area contributed by atoms with Crippen LogP contribution in [-0.2, 0) is 6.54 Å². The summed E-state index contributed by atoms with van der Waals surface area (Å²) in [4.78, 5) is 0. The molecule has 2 heterocycles. The van der Waals surface area contributed by atoms with Gasteiger partial charge in [0.25, 0.3) is 0 Å². The second-order valence-electron chi connectivity index (χ2n) is 3.77. The minimum Gasteiger partial charge on any atom is -0.434 e. The van der Waals surface area contributed by atoms with Crippen molar-refractivity contribution >= 4 is 5.65 Å². The highest BCUT2D eigenvalue weighted by atomic mass is 19.1. The molecular weight excluding hydrogens is 251 g/mol. The minimum atomic E-state index is -0.499. The lowest BCUT2D eigenvalue weighted by molar-refractivity contribution is 0.416. The second kappa shape index (κ2) is 4.58. The van der Waals surface area contributed by atoms with Crippen LogP contribution < -0.4 is 10.5 Å². The third-order valence-corrected chi connectivity index (χ3v) is 2.49. The minimum absolute atomic E-state index is 0.0668. The molecule has 0 saturated carbocycles. The number of ether oxygens (including phenoxy) is 1. The van der Waals surface area contributed by atoms with Crippen molar-refractivity contribution in [1.82, 2.24) is 25.3 Å². The van der Waals surface area contributed by atoms with Gasteiger partial charge in [0, 0.05) is 12.6 Å². The Hall–Kier alpha value is -2.61. The molecule has 0 fully saturated rings. The molecule has 0 amide bonds. The van der Waals surface area contributed by atoms with Gasteiger partial charge >= 0.3 is 0 Å². The zero-order valence-corrected chi connectivity index (χ0v) is 9.69. The van der Waals surface area contributed by atoms with Gasteiger partial charge in [-0.1, -0.05) is 6.07 Å². The van der Waals surface area contributed by atoms with Crippen molar-refractivity contribution in [2.24, 2.45) is 5.73 Å². The Balaban J connectivity index is 1.91. The first kappa shape index (κ1) is 11.5. The number of aromatic nitrogens is 5. The van der Waals surface area contributed by atoms with E-state index in [0.29, 0.717) is 11.2 Å². The van der Waals surface area contributed by atoms with E-state index in [0.717, 1.165) is 0 Å². The van der Waals surface area contributed by atoms with E-state index in [4.69, 9.17) is 10.5 Å². The van der Waals surface area contributed by atoms with Crippen LogP contribution in [-0.4, -0.2) is 25.3 Å². The number of fused-ring (bicyclic) bond motifs is 1. The lowest BCUT2D eigenvalue weighted by Crippen LogP contribution is -2.00. The molecule has 0 saturated heterocycles. The van der Waals surface area contributed by atoms with Crippen LogP contribution in [0, 0.1) is 5.82 Å². The molecular formula is C11H9FN6O. The summed E-state index contributed by atoms with van der Waals surface area (Å²) in [5.41, 5.74) is 6.59. The van der Waals surface area contributed by atoms with Gasteiger partial charge in [-0.15, -0.1) is 14.8 Å². The first-order chi connectivity index (χ1) is 9.26. The molecule has 1 aromatic carbocycles. The van der Waals surface area contributed by atoms with Crippen LogP contribution in [0.1, 0.15) is 5.56 Å². The fourth-order valence-electron chi connectivity index (χ4n) is 1.55. The fourth-order valence-corrected chi connectivity index (χ4v) is 1.55. The third-order valence-electron chi connectivity index (χ3n) is 2.49. The Bertz CT molecular complexity index is 728. The Labute approximate surface area is 106 Å². The topological polar surface area (TPSA) is 91.2 Å². The summed E-state index contributed by atoms with van der Waals surface area (Å²) < 4.78 is 20.3. The maximum absolute atomic E-state index is 13.7. The molecule has 3 aromatic rings. The zero-order valence-electron chi connectivity index (χ0n) is 9.69. The third kappa shape index (κ3) is 2.20. The van der Waals surface area contributed by atoms with E-state index in [-0.39, 0.29) is 18.2 Å². The summed E-state index contributed by atoms with van der Waals surface area (Å²) in [5.74, 6) is -0.238. The highest BCUT2D eigenvalue weighted by molar-refractivity contribution is 5.37. The van der Waals surface area contributed by atoms with Gasteiger partial charge in [0.1, 0.15) is 0 Å². The number of halogens is 1. The van der Waals surface area contributed by atoms with Crippen molar-refractivity contribution in [2.75, 3.05) is 0 Å². The molecule has 0 aliphatic rings. The monoisotopic (exact) mass is 260 g/mol. The lowest BCUT2D eigenvalue weighted by atomic mass is 10.2. The normalized spacial score (nSPS) is 10.8. The molecule has 0 bridgehead atoms. The maximum atomic E-state index is 13.7. The quantitative estimate of drug-likeness (QED) is 0.752. The summed E-state index contributed by atoms with van der Waals surface area (Å²) in [6.07, 6.45) is 0. The molecule has 0 aliphatic heterocycles. The van der Waals surface area contributed by atoms with E-state index in [9.17, 15) is 4.39 Å². The van der Waals surface area contributed by atoms with Crippen molar-refractivity contribution < 1.29 is 9.13 Å². The van der Waals surface area contributed by atoms with Crippen LogP contribution in [0.3, 0.4) is 0 Å². The van der Waals surface area contributed by atoms with E-state index < -0.39 is 5.82 Å². The summed E-state index contributed by atoms with van der Waals surface area (Å²) in [7, 11) is 0. The molecule has 7 nitrogen and oxygen atoms in total. The van der Waals surface area contributed by atoms with E-state index in [1.165, 1.54) is 16.8 Å². The number of tetrazole rings is 1. The zero-order chi connectivity index (χ0) is 13.2. The van der Waals surface area contributed by atoms with E-state index >= 15 is 0 Å². The van der Waals surface area contributed by atoms with Gasteiger partial charge in [0.2, 0.25) is 5.88 Å². The molecule has 96 valence electrons. The van der Waals surface area contributed by atoms with Crippen LogP contribution in [0.25, 0.3) is 5.65 Å². The molecule has 2 N–H and O–H groups in total. The molecule has 3 rings (SSSR count). The van der Waals surface area contributed by atoms with Crippen molar-refractivity contribution in [3.8, 4) is 11.6 Å². The number of hydrogen-bond donors (Lipinski definition) is 1. The molecule has 8 heteroatoms. The smallest absolute Gasteiger partial charge is 0.239 e. The lowest BCUT2D eigenvalue weighted by Gasteiger charge is -2.06. The molecule has 0 atom stereocenters. The van der Waals surface area contributed by atoms with E-state index in [1.807, 2.05) is 0 Å². The van der Waals surface area contributed by atoms with Gasteiger partial charge in [-0.2, -0.15) is 0 Å². The summed E-state index contributed by atoms with van der Waals surface area (Å²) in [6.45, 7) is 0.270. The summed E-state index contributed by atoms with van der Waals surface area (Å²) in [5, 5.41) is 14.8. The van der Waals surface area contributed by atoms with Gasteiger partial charge in [0.15, 0.2) is 17.2 Å². The van der Waals surface area contributed by atoms with Gasteiger partial charge < -0.3 is 10.5 Å². The number of benzene rings is 1. The largest absolute Gasteiger partial charge is 0.434 e. The number of rotatable bonds is 3. The maximum Gasteiger partial charge on any atom is 0.239 e. The average molecular weight is 260 g/mol. The van der Waals surface area contributed by atoms with Gasteiger partial charge in [0.05, 0.1) is 0 Å². The standard InChI is InChI=1S/C11H9FN6O/c12-8-5-7(6-13)1-2-9(8)19-11-4-3-10-14-16-17-18(10)15-11/h1-5H,6,13H2. The predicted octanol–water partition coefficient (Wildman–Crippen LogP) is 0.909. The predicted molar refractivity (Wildman–Crippen MR) is 62.9 cm³/mol. The van der Waals surface area contributed by atoms with Crippen LogP contribution in [0.2, 0.25) is 0 Å². The summed E-state index contributed by atoms with van der Waals surface area (Å²) in [6, 6.07) is 7.69. The van der Waals surface area contributed by atoms with Gasteiger partial charge in [-0.25, -0.2) is 4.39 Å². The highest BCUT2D eigenvalue weighted by Gasteiger charge is 2.08. The second-order valence-corrected chi connectivity index (χ2v) is 3.77. The van der Waals surface area contributed by atoms with Crippen molar-refractivity contribution in [3.05, 3.63) is 41.7 Å². The molecule has 0 aliphatic carbocycles. The van der Waals surface area contributed by atoms with E-state index in [2.05, 4.69) is 20.6 Å². The fraction of sp³-hybridized carbons (Fsp3) is 0.0909. The van der Waals surface area contributed by atoms with Crippen LogP contribution in [0.5, 0.6) is 11.6 Å². The summed E-state index contributed by atoms with van der Waals surface area (Å²) >= 11 is 0. The Morgan fingerprint density at radius 1 is 1.26 bits per heavy atom. The van der Waals surface area contributed by atoms with Crippen LogP contribution in [0.15, 0.2) is 30.3 Å². The first-order valence-corrected chi connectivity index (χ1v) is 5.48. The van der Waals surface area contributed by atoms with Crippen LogP contribution >= 0.6 is 0 Å². The van der Waals surface area contributed by atoms with Crippen molar-refractivity contribution in [3.63, 3.8) is 0 Å². The Morgan fingerprint density at radius 2 is 2.16 bits per heavy atom. The average Bonchev–Trinajstić information content (AvgIpc) is 2.88. The van der Waals surface area contributed by atoms with Crippen molar-refractivity contribution in [2.45, 2.75) is 6.54 Å². The van der Waals surface area contributed by atoms with E-state index in [1.54, 1.807) is 18.2 Å². The van der Waals surface area contributed by atoms with Crippen molar-refractivity contribution in [1.29, 1.82) is 0 Å². The molecule has 0 unspecified atom stereocenters. The number of nitrogens with two attached hydrogens (primary N) is 1. The number of hydrogen-bond acceptors (Lipinski definition) is 6. The Kier molecular flexibility index (Phi) is 2.76. The molecule has 0 radical (unpaired) electrons. The van der Waals surface area contributed by atoms with Gasteiger partial charge in [-0.05, 0) is 34.2 Å². The number of nitrogens with zero attached hydrogens (tertiary/aromatic N) is 5. The molecule has 19 heavy (non-hydrogen) atoms. The highest BCUT2D eigenvalue weighted by Crippen LogP contribution is 2.23. The Morgan fingerprint density at radius 3 is 2.95 bits per heavy atom. The van der Waals surface area contributed by atoms with Crippen LogP contribution in [0.4, 0.5) is 4.39 Å². The SMILES string of the molecule is NCc1ccc(Oc2ccc3nnnn3n2)c(F)c1. The van der Waals surface area contributed by atoms with Gasteiger partial charge in [-0.3, -0.25) is 0 Å². The molecule has 0 spiro atoms.